The molecule has 1 atom stereocenters. The first-order chi connectivity index (χ1) is 11.1. The molecule has 0 aliphatic heterocycles. The number of hydrogen-bond donors (Lipinski definition) is 1. The number of anilines is 1. The normalized spacial score (nSPS) is 17.0. The van der Waals surface area contributed by atoms with Crippen molar-refractivity contribution >= 4 is 16.9 Å². The van der Waals surface area contributed by atoms with Crippen molar-refractivity contribution in [1.29, 1.82) is 0 Å². The van der Waals surface area contributed by atoms with Gasteiger partial charge in [0.15, 0.2) is 5.65 Å². The van der Waals surface area contributed by atoms with Crippen LogP contribution in [0.4, 0.5) is 5.82 Å². The van der Waals surface area contributed by atoms with Crippen LogP contribution in [0.15, 0.2) is 6.20 Å². The Morgan fingerprint density at radius 2 is 2.13 bits per heavy atom. The molecule has 1 aliphatic rings. The van der Waals surface area contributed by atoms with E-state index in [1.165, 1.54) is 12.8 Å². The van der Waals surface area contributed by atoms with Crippen LogP contribution in [0.1, 0.15) is 37.4 Å². The monoisotopic (exact) mass is 319 g/mol. The Kier molecular flexibility index (Phi) is 4.77. The van der Waals surface area contributed by atoms with E-state index < -0.39 is 6.10 Å². The number of aromatic nitrogens is 4. The van der Waals surface area contributed by atoms with Gasteiger partial charge in [0.2, 0.25) is 0 Å². The van der Waals surface area contributed by atoms with Gasteiger partial charge < -0.3 is 14.7 Å². The van der Waals surface area contributed by atoms with E-state index in [4.69, 9.17) is 14.7 Å². The van der Waals surface area contributed by atoms with E-state index in [0.717, 1.165) is 35.5 Å². The van der Waals surface area contributed by atoms with E-state index in [-0.39, 0.29) is 0 Å². The minimum atomic E-state index is -0.554. The standard InChI is InChI=1S/C16H25N5O2/c1-20(9-12(22)10-23-3)15-13-8-17-21(2)16(13)19-14(18-15)11-6-4-5-7-11/h8,11-12,22H,4-7,9-10H2,1-3H3. The molecule has 0 amide bonds. The second-order valence-corrected chi connectivity index (χ2v) is 6.38. The van der Waals surface area contributed by atoms with Gasteiger partial charge in [0.25, 0.3) is 0 Å². The number of nitrogens with zero attached hydrogens (tertiary/aromatic N) is 5. The van der Waals surface area contributed by atoms with Crippen molar-refractivity contribution in [3.8, 4) is 0 Å². The zero-order valence-electron chi connectivity index (χ0n) is 14.1. The summed E-state index contributed by atoms with van der Waals surface area (Å²) in [5.74, 6) is 2.17. The quantitative estimate of drug-likeness (QED) is 0.869. The first-order valence-corrected chi connectivity index (χ1v) is 8.18. The lowest BCUT2D eigenvalue weighted by molar-refractivity contribution is 0.0694. The van der Waals surface area contributed by atoms with Crippen molar-refractivity contribution in [2.45, 2.75) is 37.7 Å². The second-order valence-electron chi connectivity index (χ2n) is 6.38. The van der Waals surface area contributed by atoms with Crippen molar-refractivity contribution in [1.82, 2.24) is 19.7 Å². The lowest BCUT2D eigenvalue weighted by Crippen LogP contribution is -2.32. The van der Waals surface area contributed by atoms with Gasteiger partial charge in [-0.2, -0.15) is 5.10 Å². The Morgan fingerprint density at radius 3 is 2.83 bits per heavy atom. The number of rotatable bonds is 6. The molecular formula is C16H25N5O2. The summed E-state index contributed by atoms with van der Waals surface area (Å²) in [7, 11) is 5.43. The average molecular weight is 319 g/mol. The highest BCUT2D eigenvalue weighted by atomic mass is 16.5. The molecule has 126 valence electrons. The predicted molar refractivity (Wildman–Crippen MR) is 88.7 cm³/mol. The number of fused-ring (bicyclic) bond motifs is 1. The Balaban J connectivity index is 1.96. The summed E-state index contributed by atoms with van der Waals surface area (Å²) in [6, 6.07) is 0. The van der Waals surface area contributed by atoms with Crippen LogP contribution in [0.2, 0.25) is 0 Å². The maximum atomic E-state index is 10.0. The van der Waals surface area contributed by atoms with Crippen LogP contribution in [-0.4, -0.2) is 58.3 Å². The van der Waals surface area contributed by atoms with Crippen molar-refractivity contribution in [3.05, 3.63) is 12.0 Å². The van der Waals surface area contributed by atoms with Crippen molar-refractivity contribution in [3.63, 3.8) is 0 Å². The third-order valence-corrected chi connectivity index (χ3v) is 4.51. The Labute approximate surface area is 136 Å². The average Bonchev–Trinajstić information content (AvgIpc) is 3.17. The summed E-state index contributed by atoms with van der Waals surface area (Å²) in [6.45, 7) is 0.764. The number of aliphatic hydroxyl groups is 1. The number of ether oxygens (including phenoxy) is 1. The summed E-state index contributed by atoms with van der Waals surface area (Å²) in [5.41, 5.74) is 0.852. The van der Waals surface area contributed by atoms with Crippen LogP contribution in [0, 0.1) is 0 Å². The minimum absolute atomic E-state index is 0.307. The maximum absolute atomic E-state index is 10.0. The summed E-state index contributed by atoms with van der Waals surface area (Å²) in [5, 5.41) is 15.2. The molecule has 0 radical (unpaired) electrons. The molecule has 2 aromatic rings. The van der Waals surface area contributed by atoms with Crippen LogP contribution >= 0.6 is 0 Å². The largest absolute Gasteiger partial charge is 0.389 e. The van der Waals surface area contributed by atoms with Gasteiger partial charge in [-0.15, -0.1) is 0 Å². The van der Waals surface area contributed by atoms with E-state index in [9.17, 15) is 5.11 Å². The van der Waals surface area contributed by atoms with Crippen molar-refractivity contribution < 1.29 is 9.84 Å². The SMILES string of the molecule is COCC(O)CN(C)c1nc(C2CCCC2)nc2c1cnn2C. The zero-order valence-corrected chi connectivity index (χ0v) is 14.1. The molecule has 2 aromatic heterocycles. The fourth-order valence-corrected chi connectivity index (χ4v) is 3.33. The lowest BCUT2D eigenvalue weighted by atomic mass is 10.1. The molecule has 1 fully saturated rings. The van der Waals surface area contributed by atoms with Crippen LogP contribution in [-0.2, 0) is 11.8 Å². The molecule has 7 nitrogen and oxygen atoms in total. The second kappa shape index (κ2) is 6.80. The minimum Gasteiger partial charge on any atom is -0.389 e. The number of likely N-dealkylation sites (N-methyl/N-ethyl adjacent to an activating group) is 1. The highest BCUT2D eigenvalue weighted by Gasteiger charge is 2.24. The van der Waals surface area contributed by atoms with Gasteiger partial charge in [-0.05, 0) is 12.8 Å². The molecule has 1 N–H and O–H groups in total. The van der Waals surface area contributed by atoms with E-state index in [1.807, 2.05) is 19.0 Å². The van der Waals surface area contributed by atoms with Gasteiger partial charge >= 0.3 is 0 Å². The van der Waals surface area contributed by atoms with Crippen LogP contribution in [0.5, 0.6) is 0 Å². The molecule has 1 unspecified atom stereocenters. The molecule has 0 aromatic carbocycles. The van der Waals surface area contributed by atoms with Crippen LogP contribution < -0.4 is 4.90 Å². The molecule has 0 bridgehead atoms. The molecule has 2 heterocycles. The van der Waals surface area contributed by atoms with Gasteiger partial charge in [0, 0.05) is 33.7 Å². The van der Waals surface area contributed by atoms with Gasteiger partial charge in [0.1, 0.15) is 11.6 Å². The molecule has 0 spiro atoms. The Hall–Kier alpha value is -1.73. The fraction of sp³-hybridized carbons (Fsp3) is 0.688. The number of aryl methyl sites for hydroxylation is 1. The number of hydrogen-bond acceptors (Lipinski definition) is 6. The molecule has 0 saturated heterocycles. The smallest absolute Gasteiger partial charge is 0.163 e. The lowest BCUT2D eigenvalue weighted by Gasteiger charge is -2.23. The Bertz CT molecular complexity index is 666. The molecule has 3 rings (SSSR count). The van der Waals surface area contributed by atoms with Gasteiger partial charge in [-0.1, -0.05) is 12.8 Å². The third-order valence-electron chi connectivity index (χ3n) is 4.51. The maximum Gasteiger partial charge on any atom is 0.163 e. The van der Waals surface area contributed by atoms with E-state index >= 15 is 0 Å². The summed E-state index contributed by atoms with van der Waals surface area (Å²) in [4.78, 5) is 11.5. The van der Waals surface area contributed by atoms with Crippen LogP contribution in [0.3, 0.4) is 0 Å². The van der Waals surface area contributed by atoms with Gasteiger partial charge in [0.05, 0.1) is 24.3 Å². The van der Waals surface area contributed by atoms with Gasteiger partial charge in [-0.3, -0.25) is 4.68 Å². The van der Waals surface area contributed by atoms with Crippen molar-refractivity contribution in [2.24, 2.45) is 7.05 Å². The highest BCUT2D eigenvalue weighted by molar-refractivity contribution is 5.86. The van der Waals surface area contributed by atoms with E-state index in [2.05, 4.69) is 5.10 Å². The number of aliphatic hydroxyl groups excluding tert-OH is 1. The third kappa shape index (κ3) is 3.30. The molecule has 1 saturated carbocycles. The molecular weight excluding hydrogens is 294 g/mol. The zero-order chi connectivity index (χ0) is 16.4. The predicted octanol–water partition coefficient (Wildman–Crippen LogP) is 1.46. The van der Waals surface area contributed by atoms with Gasteiger partial charge in [-0.25, -0.2) is 9.97 Å². The van der Waals surface area contributed by atoms with Crippen LogP contribution in [0.25, 0.3) is 11.0 Å². The first-order valence-electron chi connectivity index (χ1n) is 8.18. The summed E-state index contributed by atoms with van der Waals surface area (Å²) >= 11 is 0. The molecule has 23 heavy (non-hydrogen) atoms. The highest BCUT2D eigenvalue weighted by Crippen LogP contribution is 2.34. The summed E-state index contributed by atoms with van der Waals surface area (Å²) in [6.07, 6.45) is 6.03. The van der Waals surface area contributed by atoms with E-state index in [0.29, 0.717) is 19.1 Å². The number of methoxy groups -OCH3 is 1. The molecule has 1 aliphatic carbocycles. The van der Waals surface area contributed by atoms with Crippen molar-refractivity contribution in [2.75, 3.05) is 32.2 Å². The fourth-order valence-electron chi connectivity index (χ4n) is 3.33. The summed E-state index contributed by atoms with van der Waals surface area (Å²) < 4.78 is 6.80. The Morgan fingerprint density at radius 1 is 1.39 bits per heavy atom. The topological polar surface area (TPSA) is 76.3 Å². The molecule has 7 heteroatoms. The van der Waals surface area contributed by atoms with E-state index in [1.54, 1.807) is 18.0 Å². The first kappa shape index (κ1) is 16.1.